The van der Waals surface area contributed by atoms with E-state index in [-0.39, 0.29) is 0 Å². The molecule has 0 amide bonds. The highest BCUT2D eigenvalue weighted by Gasteiger charge is 2.01. The maximum atomic E-state index is 10.1. The third-order valence-electron chi connectivity index (χ3n) is 3.13. The van der Waals surface area contributed by atoms with Gasteiger partial charge in [0, 0.05) is 0 Å². The third-order valence-corrected chi connectivity index (χ3v) is 3.13. The molecule has 0 unspecified atom stereocenters. The lowest BCUT2D eigenvalue weighted by molar-refractivity contribution is -0.135. The number of aliphatic carboxylic acids is 1. The van der Waals surface area contributed by atoms with Crippen molar-refractivity contribution in [2.45, 2.75) is 39.0 Å². The van der Waals surface area contributed by atoms with Crippen molar-refractivity contribution in [2.24, 2.45) is 0 Å². The predicted octanol–water partition coefficient (Wildman–Crippen LogP) is 4.34. The van der Waals surface area contributed by atoms with Crippen LogP contribution < -0.4 is 0 Å². The second-order valence-electron chi connectivity index (χ2n) is 5.93. The first kappa shape index (κ1) is 30.4. The van der Waals surface area contributed by atoms with Crippen molar-refractivity contribution < 1.29 is 44.5 Å². The summed E-state index contributed by atoms with van der Waals surface area (Å²) in [6, 6.07) is 17.4. The standard InChI is InChI=1S/C9H16O3.2C6H6O.H3O4P/c1-2-3-4-5-6-7-8(10)9(11)12;2*7-6-4-2-1-3-5-6;1-5(2,3)4/h7,10H,2-6H2,1H3,(H,11,12);2*1-5,7H;(H3,1,2,3,4). The summed E-state index contributed by atoms with van der Waals surface area (Å²) in [5.41, 5.74) is 0. The van der Waals surface area contributed by atoms with Crippen LogP contribution in [0.15, 0.2) is 72.5 Å². The SMILES string of the molecule is CCCCCCC=C(O)C(=O)O.O=P(O)(O)O.Oc1ccccc1.Oc1ccccc1. The first-order valence-corrected chi connectivity index (χ1v) is 10.9. The van der Waals surface area contributed by atoms with Crippen LogP contribution in [-0.4, -0.2) is 41.1 Å². The van der Waals surface area contributed by atoms with Crippen molar-refractivity contribution in [1.29, 1.82) is 0 Å². The number of phenolic OH excluding ortho intramolecular Hbond substituents is 2. The monoisotopic (exact) mass is 458 g/mol. The summed E-state index contributed by atoms with van der Waals surface area (Å²) in [7, 11) is -4.64. The average Bonchev–Trinajstić information content (AvgIpc) is 2.68. The van der Waals surface area contributed by atoms with Gasteiger partial charge in [-0.05, 0) is 43.2 Å². The number of carboxylic acids is 1. The van der Waals surface area contributed by atoms with Crippen LogP contribution in [0.25, 0.3) is 0 Å². The third kappa shape index (κ3) is 29.5. The summed E-state index contributed by atoms with van der Waals surface area (Å²) in [6.07, 6.45) is 6.39. The van der Waals surface area contributed by atoms with Gasteiger partial charge in [0.2, 0.25) is 0 Å². The summed E-state index contributed by atoms with van der Waals surface area (Å²) < 4.78 is 8.88. The zero-order chi connectivity index (χ0) is 24.1. The maximum absolute atomic E-state index is 10.1. The Morgan fingerprint density at radius 1 is 0.806 bits per heavy atom. The smallest absolute Gasteiger partial charge is 0.466 e. The van der Waals surface area contributed by atoms with Crippen LogP contribution in [0.2, 0.25) is 0 Å². The number of aliphatic hydroxyl groups excluding tert-OH is 1. The normalized spacial score (nSPS) is 10.3. The first-order chi connectivity index (χ1) is 14.5. The van der Waals surface area contributed by atoms with Crippen LogP contribution in [0.5, 0.6) is 11.5 Å². The lowest BCUT2D eigenvalue weighted by Crippen LogP contribution is -1.98. The number of aromatic hydroxyl groups is 2. The van der Waals surface area contributed by atoms with E-state index >= 15 is 0 Å². The predicted molar refractivity (Wildman–Crippen MR) is 118 cm³/mol. The number of hydrogen-bond donors (Lipinski definition) is 7. The molecular weight excluding hydrogens is 427 g/mol. The first-order valence-electron chi connectivity index (χ1n) is 9.36. The molecule has 31 heavy (non-hydrogen) atoms. The van der Waals surface area contributed by atoms with Gasteiger partial charge in [0.1, 0.15) is 11.5 Å². The van der Waals surface area contributed by atoms with Gasteiger partial charge in [0.25, 0.3) is 0 Å². The van der Waals surface area contributed by atoms with Crippen LogP contribution >= 0.6 is 7.82 Å². The van der Waals surface area contributed by atoms with Crippen molar-refractivity contribution in [3.8, 4) is 11.5 Å². The molecule has 2 rings (SSSR count). The van der Waals surface area contributed by atoms with E-state index in [0.717, 1.165) is 19.3 Å². The van der Waals surface area contributed by atoms with Gasteiger partial charge in [0.15, 0.2) is 5.76 Å². The highest BCUT2D eigenvalue weighted by Crippen LogP contribution is 2.25. The Morgan fingerprint density at radius 3 is 1.45 bits per heavy atom. The fourth-order valence-electron chi connectivity index (χ4n) is 1.75. The average molecular weight is 458 g/mol. The van der Waals surface area contributed by atoms with E-state index in [1.165, 1.54) is 12.5 Å². The van der Waals surface area contributed by atoms with Crippen molar-refractivity contribution in [3.05, 3.63) is 72.5 Å². The zero-order valence-corrected chi connectivity index (χ0v) is 18.2. The molecule has 7 N–H and O–H groups in total. The zero-order valence-electron chi connectivity index (χ0n) is 17.3. The molecule has 0 radical (unpaired) electrons. The molecule has 9 nitrogen and oxygen atoms in total. The maximum Gasteiger partial charge on any atom is 0.466 e. The van der Waals surface area contributed by atoms with Crippen LogP contribution in [0, 0.1) is 0 Å². The number of phosphoric acid groups is 1. The molecule has 0 atom stereocenters. The minimum atomic E-state index is -4.64. The summed E-state index contributed by atoms with van der Waals surface area (Å²) in [5.74, 6) is -1.14. The molecule has 174 valence electrons. The molecule has 0 fully saturated rings. The number of carbonyl (C=O) groups is 1. The van der Waals surface area contributed by atoms with Gasteiger partial charge in [-0.3, -0.25) is 0 Å². The highest BCUT2D eigenvalue weighted by atomic mass is 31.2. The highest BCUT2D eigenvalue weighted by molar-refractivity contribution is 7.45. The number of phenols is 2. The number of hydrogen-bond acceptors (Lipinski definition) is 5. The summed E-state index contributed by atoms with van der Waals surface area (Å²) >= 11 is 0. The Labute approximate surface area is 181 Å². The van der Waals surface area contributed by atoms with Crippen molar-refractivity contribution >= 4 is 13.8 Å². The van der Waals surface area contributed by atoms with E-state index in [1.807, 2.05) is 12.1 Å². The van der Waals surface area contributed by atoms with Gasteiger partial charge in [-0.1, -0.05) is 62.6 Å². The second kappa shape index (κ2) is 19.1. The fraction of sp³-hybridized carbons (Fsp3) is 0.286. The summed E-state index contributed by atoms with van der Waals surface area (Å²) in [4.78, 5) is 31.7. The topological polar surface area (TPSA) is 176 Å². The molecule has 2 aromatic carbocycles. The fourth-order valence-corrected chi connectivity index (χ4v) is 1.75. The van der Waals surface area contributed by atoms with Crippen molar-refractivity contribution in [2.75, 3.05) is 0 Å². The summed E-state index contributed by atoms with van der Waals surface area (Å²) in [6.45, 7) is 2.12. The Balaban J connectivity index is 0. The Morgan fingerprint density at radius 2 is 1.19 bits per heavy atom. The van der Waals surface area contributed by atoms with E-state index in [2.05, 4.69) is 6.92 Å². The van der Waals surface area contributed by atoms with E-state index in [1.54, 1.807) is 48.5 Å². The van der Waals surface area contributed by atoms with Crippen LogP contribution in [-0.2, 0) is 9.36 Å². The van der Waals surface area contributed by atoms with Crippen LogP contribution in [0.1, 0.15) is 39.0 Å². The van der Waals surface area contributed by atoms with Crippen LogP contribution in [0.4, 0.5) is 0 Å². The molecular formula is C21H31O9P. The number of carboxylic acid groups (broad SMARTS) is 1. The van der Waals surface area contributed by atoms with E-state index < -0.39 is 19.6 Å². The Bertz CT molecular complexity index is 713. The molecule has 0 saturated carbocycles. The molecule has 0 aliphatic rings. The van der Waals surface area contributed by atoms with Gasteiger partial charge < -0.3 is 35.1 Å². The van der Waals surface area contributed by atoms with Gasteiger partial charge in [-0.2, -0.15) is 0 Å². The van der Waals surface area contributed by atoms with E-state index in [9.17, 15) is 4.79 Å². The molecule has 0 aliphatic heterocycles. The lowest BCUT2D eigenvalue weighted by atomic mass is 10.1. The van der Waals surface area contributed by atoms with E-state index in [4.69, 9.17) is 39.7 Å². The lowest BCUT2D eigenvalue weighted by Gasteiger charge is -1.94. The van der Waals surface area contributed by atoms with Gasteiger partial charge in [-0.15, -0.1) is 0 Å². The minimum absolute atomic E-state index is 0.322. The Kier molecular flexibility index (Phi) is 18.7. The van der Waals surface area contributed by atoms with Gasteiger partial charge in [0.05, 0.1) is 0 Å². The molecule has 0 bridgehead atoms. The molecule has 0 aliphatic carbocycles. The van der Waals surface area contributed by atoms with Gasteiger partial charge in [-0.25, -0.2) is 9.36 Å². The molecule has 0 aromatic heterocycles. The summed E-state index contributed by atoms with van der Waals surface area (Å²) in [5, 5.41) is 34.3. The number of benzene rings is 2. The second-order valence-corrected chi connectivity index (χ2v) is 6.95. The Hall–Kier alpha value is -2.84. The van der Waals surface area contributed by atoms with Crippen molar-refractivity contribution in [1.82, 2.24) is 0 Å². The van der Waals surface area contributed by atoms with E-state index in [0.29, 0.717) is 17.9 Å². The number of para-hydroxylation sites is 2. The van der Waals surface area contributed by atoms with Crippen LogP contribution in [0.3, 0.4) is 0 Å². The molecule has 0 spiro atoms. The quantitative estimate of drug-likeness (QED) is 0.144. The van der Waals surface area contributed by atoms with Gasteiger partial charge >= 0.3 is 13.8 Å². The minimum Gasteiger partial charge on any atom is -0.508 e. The number of allylic oxidation sites excluding steroid dienone is 1. The molecule has 0 saturated heterocycles. The largest absolute Gasteiger partial charge is 0.508 e. The number of rotatable bonds is 6. The molecule has 0 heterocycles. The molecule has 10 heteroatoms. The number of aliphatic hydroxyl groups is 1. The number of unbranched alkanes of at least 4 members (excludes halogenated alkanes) is 4. The van der Waals surface area contributed by atoms with Crippen molar-refractivity contribution in [3.63, 3.8) is 0 Å². The molecule has 2 aromatic rings.